The normalized spacial score (nSPS) is 10.1. The number of aryl methyl sites for hydroxylation is 1. The van der Waals surface area contributed by atoms with E-state index in [1.165, 1.54) is 11.3 Å². The molecule has 0 bridgehead atoms. The van der Waals surface area contributed by atoms with Crippen molar-refractivity contribution in [2.75, 3.05) is 20.3 Å². The van der Waals surface area contributed by atoms with Crippen molar-refractivity contribution in [1.82, 2.24) is 5.32 Å². The molecular formula is C10H15NO2S. The molecule has 0 aliphatic heterocycles. The number of hydrogen-bond acceptors (Lipinski definition) is 3. The molecular weight excluding hydrogens is 198 g/mol. The van der Waals surface area contributed by atoms with E-state index in [0.29, 0.717) is 13.2 Å². The smallest absolute Gasteiger partial charge is 0.261 e. The molecule has 0 saturated carbocycles. The summed E-state index contributed by atoms with van der Waals surface area (Å²) in [4.78, 5) is 13.4. The van der Waals surface area contributed by atoms with Crippen LogP contribution in [0.5, 0.6) is 0 Å². The van der Waals surface area contributed by atoms with E-state index >= 15 is 0 Å². The van der Waals surface area contributed by atoms with Crippen molar-refractivity contribution >= 4 is 17.2 Å². The lowest BCUT2D eigenvalue weighted by atomic mass is 10.4. The molecule has 0 aliphatic rings. The first-order chi connectivity index (χ1) is 6.74. The maximum atomic E-state index is 11.5. The number of carbonyl (C=O) groups is 1. The van der Waals surface area contributed by atoms with Crippen molar-refractivity contribution in [3.05, 3.63) is 21.9 Å². The van der Waals surface area contributed by atoms with Gasteiger partial charge in [-0.3, -0.25) is 4.79 Å². The van der Waals surface area contributed by atoms with Gasteiger partial charge in [0.15, 0.2) is 0 Å². The third-order valence-corrected chi connectivity index (χ3v) is 2.77. The first-order valence-electron chi connectivity index (χ1n) is 4.57. The fourth-order valence-corrected chi connectivity index (χ4v) is 1.85. The van der Waals surface area contributed by atoms with Gasteiger partial charge in [0.05, 0.1) is 4.88 Å². The molecule has 0 aliphatic carbocycles. The Labute approximate surface area is 88.1 Å². The SMILES string of the molecule is COCCCNC(=O)c1ccc(C)s1. The van der Waals surface area contributed by atoms with Crippen molar-refractivity contribution in [2.45, 2.75) is 13.3 Å². The van der Waals surface area contributed by atoms with Crippen LogP contribution in [0.1, 0.15) is 21.0 Å². The van der Waals surface area contributed by atoms with Gasteiger partial charge in [-0.1, -0.05) is 0 Å². The Bertz CT molecular complexity index is 296. The molecule has 0 aromatic carbocycles. The van der Waals surface area contributed by atoms with Crippen LogP contribution in [-0.4, -0.2) is 26.2 Å². The van der Waals surface area contributed by atoms with Gasteiger partial charge in [-0.2, -0.15) is 0 Å². The predicted octanol–water partition coefficient (Wildman–Crippen LogP) is 1.82. The van der Waals surface area contributed by atoms with Crippen molar-refractivity contribution in [3.8, 4) is 0 Å². The molecule has 1 N–H and O–H groups in total. The molecule has 1 heterocycles. The molecule has 14 heavy (non-hydrogen) atoms. The van der Waals surface area contributed by atoms with E-state index in [2.05, 4.69) is 5.32 Å². The summed E-state index contributed by atoms with van der Waals surface area (Å²) in [5.41, 5.74) is 0. The van der Waals surface area contributed by atoms with Crippen LogP contribution in [0.2, 0.25) is 0 Å². The number of ether oxygens (including phenoxy) is 1. The van der Waals surface area contributed by atoms with Crippen molar-refractivity contribution in [1.29, 1.82) is 0 Å². The first kappa shape index (κ1) is 11.2. The predicted molar refractivity (Wildman–Crippen MR) is 57.9 cm³/mol. The van der Waals surface area contributed by atoms with E-state index in [4.69, 9.17) is 4.74 Å². The van der Waals surface area contributed by atoms with Crippen LogP contribution >= 0.6 is 11.3 Å². The molecule has 0 saturated heterocycles. The summed E-state index contributed by atoms with van der Waals surface area (Å²) < 4.78 is 4.88. The highest BCUT2D eigenvalue weighted by molar-refractivity contribution is 7.13. The number of nitrogens with one attached hydrogen (secondary N) is 1. The van der Waals surface area contributed by atoms with Crippen molar-refractivity contribution in [3.63, 3.8) is 0 Å². The molecule has 0 fully saturated rings. The first-order valence-corrected chi connectivity index (χ1v) is 5.39. The minimum absolute atomic E-state index is 0.0132. The lowest BCUT2D eigenvalue weighted by Crippen LogP contribution is -2.24. The summed E-state index contributed by atoms with van der Waals surface area (Å²) in [6.45, 7) is 3.35. The van der Waals surface area contributed by atoms with Gasteiger partial charge < -0.3 is 10.1 Å². The zero-order valence-electron chi connectivity index (χ0n) is 8.50. The van der Waals surface area contributed by atoms with E-state index in [1.54, 1.807) is 7.11 Å². The van der Waals surface area contributed by atoms with E-state index in [-0.39, 0.29) is 5.91 Å². The Kier molecular flexibility index (Phi) is 4.62. The van der Waals surface area contributed by atoms with E-state index < -0.39 is 0 Å². The third-order valence-electron chi connectivity index (χ3n) is 1.77. The second-order valence-corrected chi connectivity index (χ2v) is 4.30. The third kappa shape index (κ3) is 3.47. The molecule has 1 aromatic rings. The Hall–Kier alpha value is -0.870. The summed E-state index contributed by atoms with van der Waals surface area (Å²) in [6, 6.07) is 3.81. The van der Waals surface area contributed by atoms with Crippen LogP contribution in [0, 0.1) is 6.92 Å². The molecule has 0 atom stereocenters. The molecule has 3 nitrogen and oxygen atoms in total. The Balaban J connectivity index is 2.29. The Morgan fingerprint density at radius 2 is 2.36 bits per heavy atom. The van der Waals surface area contributed by atoms with Gasteiger partial charge in [0.1, 0.15) is 0 Å². The maximum absolute atomic E-state index is 11.5. The fourth-order valence-electron chi connectivity index (χ4n) is 1.06. The monoisotopic (exact) mass is 213 g/mol. The van der Waals surface area contributed by atoms with Gasteiger partial charge in [0, 0.05) is 25.1 Å². The molecule has 0 unspecified atom stereocenters. The highest BCUT2D eigenvalue weighted by Crippen LogP contribution is 2.14. The van der Waals surface area contributed by atoms with Crippen LogP contribution in [0.15, 0.2) is 12.1 Å². The van der Waals surface area contributed by atoms with E-state index in [9.17, 15) is 4.79 Å². The van der Waals surface area contributed by atoms with Gasteiger partial charge in [-0.25, -0.2) is 0 Å². The van der Waals surface area contributed by atoms with Crippen LogP contribution < -0.4 is 5.32 Å². The molecule has 0 radical (unpaired) electrons. The second-order valence-electron chi connectivity index (χ2n) is 3.01. The summed E-state index contributed by atoms with van der Waals surface area (Å²) >= 11 is 1.52. The van der Waals surface area contributed by atoms with Crippen molar-refractivity contribution in [2.24, 2.45) is 0 Å². The van der Waals surface area contributed by atoms with Crippen LogP contribution in [0.4, 0.5) is 0 Å². The minimum atomic E-state index is 0.0132. The average Bonchev–Trinajstić information content (AvgIpc) is 2.59. The number of hydrogen-bond donors (Lipinski definition) is 1. The van der Waals surface area contributed by atoms with Crippen LogP contribution in [0.25, 0.3) is 0 Å². The maximum Gasteiger partial charge on any atom is 0.261 e. The number of carbonyl (C=O) groups excluding carboxylic acids is 1. The highest BCUT2D eigenvalue weighted by Gasteiger charge is 2.06. The zero-order chi connectivity index (χ0) is 10.4. The molecule has 0 spiro atoms. The van der Waals surface area contributed by atoms with E-state index in [0.717, 1.165) is 16.2 Å². The number of amides is 1. The topological polar surface area (TPSA) is 38.3 Å². The lowest BCUT2D eigenvalue weighted by molar-refractivity contribution is 0.0952. The van der Waals surface area contributed by atoms with Crippen LogP contribution in [-0.2, 0) is 4.74 Å². The number of thiophene rings is 1. The molecule has 1 aromatic heterocycles. The molecule has 1 amide bonds. The van der Waals surface area contributed by atoms with Crippen LogP contribution in [0.3, 0.4) is 0 Å². The zero-order valence-corrected chi connectivity index (χ0v) is 9.32. The minimum Gasteiger partial charge on any atom is -0.385 e. The summed E-state index contributed by atoms with van der Waals surface area (Å²) in [5.74, 6) is 0.0132. The summed E-state index contributed by atoms with van der Waals surface area (Å²) in [5, 5.41) is 2.84. The number of rotatable bonds is 5. The number of methoxy groups -OCH3 is 1. The lowest BCUT2D eigenvalue weighted by Gasteiger charge is -2.02. The molecule has 1 rings (SSSR count). The van der Waals surface area contributed by atoms with Gasteiger partial charge in [-0.15, -0.1) is 11.3 Å². The Morgan fingerprint density at radius 3 is 2.93 bits per heavy atom. The van der Waals surface area contributed by atoms with Gasteiger partial charge >= 0.3 is 0 Å². The van der Waals surface area contributed by atoms with Gasteiger partial charge in [0.2, 0.25) is 0 Å². The average molecular weight is 213 g/mol. The fraction of sp³-hybridized carbons (Fsp3) is 0.500. The standard InChI is InChI=1S/C10H15NO2S/c1-8-4-5-9(14-8)10(12)11-6-3-7-13-2/h4-5H,3,6-7H2,1-2H3,(H,11,12). The van der Waals surface area contributed by atoms with Crippen molar-refractivity contribution < 1.29 is 9.53 Å². The quantitative estimate of drug-likeness (QED) is 0.758. The molecule has 78 valence electrons. The second kappa shape index (κ2) is 5.78. The summed E-state index contributed by atoms with van der Waals surface area (Å²) in [6.07, 6.45) is 0.854. The molecule has 4 heteroatoms. The van der Waals surface area contributed by atoms with Gasteiger partial charge in [-0.05, 0) is 25.5 Å². The largest absolute Gasteiger partial charge is 0.385 e. The Morgan fingerprint density at radius 1 is 1.57 bits per heavy atom. The van der Waals surface area contributed by atoms with E-state index in [1.807, 2.05) is 19.1 Å². The highest BCUT2D eigenvalue weighted by atomic mass is 32.1. The van der Waals surface area contributed by atoms with Gasteiger partial charge in [0.25, 0.3) is 5.91 Å². The summed E-state index contributed by atoms with van der Waals surface area (Å²) in [7, 11) is 1.66.